The van der Waals surface area contributed by atoms with Crippen LogP contribution in [0.15, 0.2) is 22.9 Å². The lowest BCUT2D eigenvalue weighted by atomic mass is 9.87. The molecule has 0 aromatic heterocycles. The molecule has 0 fully saturated rings. The Morgan fingerprint density at radius 3 is 2.72 bits per heavy atom. The van der Waals surface area contributed by atoms with Crippen LogP contribution in [0.25, 0.3) is 0 Å². The lowest BCUT2D eigenvalue weighted by Crippen LogP contribution is -2.11. The Morgan fingerprint density at radius 2 is 2.11 bits per heavy atom. The van der Waals surface area contributed by atoms with Crippen LogP contribution in [0.5, 0.6) is 0 Å². The normalized spacial score (nSPS) is 17.7. The molecule has 0 N–H and O–H groups in total. The van der Waals surface area contributed by atoms with Crippen LogP contribution >= 0.6 is 22.9 Å². The van der Waals surface area contributed by atoms with Gasteiger partial charge in [0, 0.05) is 12.7 Å². The fourth-order valence-electron chi connectivity index (χ4n) is 2.75. The summed E-state index contributed by atoms with van der Waals surface area (Å²) in [6, 6.07) is 0. The van der Waals surface area contributed by atoms with E-state index in [1.165, 1.54) is 56.2 Å². The molecule has 0 heterocycles. The molecule has 1 atom stereocenters. The monoisotopic (exact) mass is 361 g/mol. The van der Waals surface area contributed by atoms with E-state index in [-0.39, 0.29) is 0 Å². The van der Waals surface area contributed by atoms with Gasteiger partial charge in [0.15, 0.2) is 0 Å². The zero-order valence-corrected chi connectivity index (χ0v) is 14.6. The number of unbranched alkanes of at least 4 members (excludes halogenated alkanes) is 2. The van der Waals surface area contributed by atoms with Gasteiger partial charge in [-0.2, -0.15) is 0 Å². The van der Waals surface area contributed by atoms with Gasteiger partial charge in [0.2, 0.25) is 0 Å². The molecule has 0 saturated heterocycles. The Hall–Kier alpha value is 0.01000. The average Bonchev–Trinajstić information content (AvgIpc) is 2.32. The first-order valence-electron chi connectivity index (χ1n) is 7.34. The predicted molar refractivity (Wildman–Crippen MR) is 89.7 cm³/mol. The maximum atomic E-state index is 2.47. The van der Waals surface area contributed by atoms with Gasteiger partial charge in [-0.3, -0.25) is 0 Å². The minimum Gasteiger partial charge on any atom is -0.321 e. The summed E-state index contributed by atoms with van der Waals surface area (Å²) < 4.78 is 2.27. The molecule has 0 aromatic carbocycles. The summed E-state index contributed by atoms with van der Waals surface area (Å²) in [5.74, 6) is 0.830. The summed E-state index contributed by atoms with van der Waals surface area (Å²) in [6.45, 7) is 6.99. The number of nitrogens with zero attached hydrogens (tertiary/aromatic N) is 1. The maximum absolute atomic E-state index is 2.47. The van der Waals surface area contributed by atoms with Crippen molar-refractivity contribution in [2.45, 2.75) is 65.7 Å². The van der Waals surface area contributed by atoms with Crippen molar-refractivity contribution in [1.29, 1.82) is 0 Å². The van der Waals surface area contributed by atoms with E-state index in [1.54, 1.807) is 5.57 Å². The molecular weight excluding hydrogens is 333 g/mol. The van der Waals surface area contributed by atoms with E-state index >= 15 is 0 Å². The lowest BCUT2D eigenvalue weighted by molar-refractivity contribution is 0.490. The van der Waals surface area contributed by atoms with Crippen molar-refractivity contribution in [2.75, 3.05) is 7.05 Å². The lowest BCUT2D eigenvalue weighted by Gasteiger charge is -2.25. The van der Waals surface area contributed by atoms with E-state index in [9.17, 15) is 0 Å². The van der Waals surface area contributed by atoms with Gasteiger partial charge in [0.1, 0.15) is 0 Å². The molecule has 1 aliphatic rings. The summed E-state index contributed by atoms with van der Waals surface area (Å²) >= 11 is 2.40. The highest BCUT2D eigenvalue weighted by molar-refractivity contribution is 14.1. The molecule has 0 saturated carbocycles. The standard InChI is InChI=1S/C16H28IN/c1-5-6-7-9-13(2)12-15-10-8-11-16(14(15)3)18(4)17/h10,13H,5-9,11-12H2,1-4H3. The molecule has 1 unspecified atom stereocenters. The second-order valence-corrected chi connectivity index (χ2v) is 7.07. The van der Waals surface area contributed by atoms with Gasteiger partial charge >= 0.3 is 0 Å². The van der Waals surface area contributed by atoms with Crippen molar-refractivity contribution < 1.29 is 0 Å². The van der Waals surface area contributed by atoms with Crippen molar-refractivity contribution in [3.05, 3.63) is 22.9 Å². The van der Waals surface area contributed by atoms with Gasteiger partial charge in [-0.05, 0) is 43.3 Å². The zero-order valence-electron chi connectivity index (χ0n) is 12.4. The van der Waals surface area contributed by atoms with E-state index in [0.717, 1.165) is 5.92 Å². The van der Waals surface area contributed by atoms with Gasteiger partial charge in [-0.1, -0.05) is 45.6 Å². The summed E-state index contributed by atoms with van der Waals surface area (Å²) in [5, 5.41) is 0. The Labute approximate surface area is 127 Å². The molecule has 0 aliphatic heterocycles. The molecule has 18 heavy (non-hydrogen) atoms. The fraction of sp³-hybridized carbons (Fsp3) is 0.750. The van der Waals surface area contributed by atoms with Crippen molar-refractivity contribution in [2.24, 2.45) is 5.92 Å². The van der Waals surface area contributed by atoms with Crippen LogP contribution in [0.1, 0.15) is 65.7 Å². The van der Waals surface area contributed by atoms with Crippen LogP contribution in [0.2, 0.25) is 0 Å². The molecule has 0 amide bonds. The highest BCUT2D eigenvalue weighted by Crippen LogP contribution is 2.32. The molecule has 0 bridgehead atoms. The van der Waals surface area contributed by atoms with Gasteiger partial charge in [-0.15, -0.1) is 0 Å². The molecule has 1 nitrogen and oxygen atoms in total. The Morgan fingerprint density at radius 1 is 1.39 bits per heavy atom. The predicted octanol–water partition coefficient (Wildman–Crippen LogP) is 5.87. The topological polar surface area (TPSA) is 3.24 Å². The van der Waals surface area contributed by atoms with Crippen LogP contribution < -0.4 is 0 Å². The second kappa shape index (κ2) is 8.23. The van der Waals surface area contributed by atoms with Crippen LogP contribution in [0, 0.1) is 5.92 Å². The second-order valence-electron chi connectivity index (χ2n) is 5.62. The smallest absolute Gasteiger partial charge is 0.0585 e. The van der Waals surface area contributed by atoms with Gasteiger partial charge in [-0.25, -0.2) is 0 Å². The van der Waals surface area contributed by atoms with E-state index in [4.69, 9.17) is 0 Å². The Kier molecular flexibility index (Phi) is 7.35. The third-order valence-corrected chi connectivity index (χ3v) is 4.51. The summed E-state index contributed by atoms with van der Waals surface area (Å²) in [6.07, 6.45) is 11.7. The molecule has 2 heteroatoms. The SMILES string of the molecule is CCCCCC(C)CC1=CCCC(N(C)I)=C1C. The van der Waals surface area contributed by atoms with E-state index in [2.05, 4.69) is 59.9 Å². The summed E-state index contributed by atoms with van der Waals surface area (Å²) in [7, 11) is 2.16. The number of hydrogen-bond donors (Lipinski definition) is 0. The van der Waals surface area contributed by atoms with Crippen LogP contribution in [-0.2, 0) is 0 Å². The van der Waals surface area contributed by atoms with Gasteiger partial charge in [0.25, 0.3) is 0 Å². The molecule has 1 aliphatic carbocycles. The molecule has 104 valence electrons. The largest absolute Gasteiger partial charge is 0.321 e. The first-order chi connectivity index (χ1) is 8.56. The first kappa shape index (κ1) is 16.1. The van der Waals surface area contributed by atoms with Crippen LogP contribution in [0.3, 0.4) is 0 Å². The molecule has 0 spiro atoms. The average molecular weight is 361 g/mol. The number of rotatable bonds is 7. The summed E-state index contributed by atoms with van der Waals surface area (Å²) in [4.78, 5) is 0. The summed E-state index contributed by atoms with van der Waals surface area (Å²) in [5.41, 5.74) is 4.65. The highest BCUT2D eigenvalue weighted by Gasteiger charge is 2.16. The van der Waals surface area contributed by atoms with E-state index < -0.39 is 0 Å². The third-order valence-electron chi connectivity index (χ3n) is 3.93. The van der Waals surface area contributed by atoms with E-state index in [1.807, 2.05) is 0 Å². The zero-order chi connectivity index (χ0) is 13.5. The van der Waals surface area contributed by atoms with Crippen molar-refractivity contribution >= 4 is 22.9 Å². The molecule has 1 rings (SSSR count). The third kappa shape index (κ3) is 4.94. The minimum absolute atomic E-state index is 0.830. The first-order valence-corrected chi connectivity index (χ1v) is 8.31. The van der Waals surface area contributed by atoms with Crippen molar-refractivity contribution in [3.63, 3.8) is 0 Å². The fourth-order valence-corrected chi connectivity index (χ4v) is 3.35. The number of hydrogen-bond acceptors (Lipinski definition) is 1. The minimum atomic E-state index is 0.830. The molecule has 0 radical (unpaired) electrons. The Balaban J connectivity index is 2.53. The Bertz CT molecular complexity index is 315. The van der Waals surface area contributed by atoms with Crippen LogP contribution in [0.4, 0.5) is 0 Å². The highest BCUT2D eigenvalue weighted by atomic mass is 127. The quantitative estimate of drug-likeness (QED) is 0.311. The van der Waals surface area contributed by atoms with Crippen molar-refractivity contribution in [1.82, 2.24) is 3.11 Å². The van der Waals surface area contributed by atoms with Gasteiger partial charge in [0.05, 0.1) is 22.9 Å². The van der Waals surface area contributed by atoms with Crippen molar-refractivity contribution in [3.8, 4) is 0 Å². The number of allylic oxidation sites excluding steroid dienone is 4. The molecule has 0 aromatic rings. The van der Waals surface area contributed by atoms with Gasteiger partial charge < -0.3 is 3.11 Å². The maximum Gasteiger partial charge on any atom is 0.0585 e. The molecular formula is C16H28IN. The van der Waals surface area contributed by atoms with E-state index in [0.29, 0.717) is 0 Å². The van der Waals surface area contributed by atoms with Crippen LogP contribution in [-0.4, -0.2) is 10.2 Å². The number of halogens is 1.